The molecule has 0 radical (unpaired) electrons. The van der Waals surface area contributed by atoms with E-state index >= 15 is 0 Å². The number of carbonyl (C=O) groups is 1. The number of aromatic nitrogens is 5. The Morgan fingerprint density at radius 3 is 2.66 bits per heavy atom. The molecule has 0 spiro atoms. The first-order valence-corrected chi connectivity index (χ1v) is 13.2. The second-order valence-electron chi connectivity index (χ2n) is 10.7. The topological polar surface area (TPSA) is 110 Å². The number of piperidine rings is 2. The van der Waals surface area contributed by atoms with Crippen molar-refractivity contribution < 1.29 is 9.90 Å². The van der Waals surface area contributed by atoms with E-state index in [0.717, 1.165) is 19.5 Å². The number of fused-ring (bicyclic) bond motifs is 1. The average Bonchev–Trinajstić information content (AvgIpc) is 3.57. The van der Waals surface area contributed by atoms with Gasteiger partial charge in [0.2, 0.25) is 5.91 Å². The highest BCUT2D eigenvalue weighted by molar-refractivity contribution is 5.80. The standard InChI is InChI=1S/C28H33N7O3/c1-32-16-24(30-18-32)35-12-8-22-25(35)31-19-34(27(22)37)17-28(38)9-13-33(14-10-28)26(36)21-7-11-29-15-23(21)20-5-3-2-4-6-20/h2-6,8,12,16,18-19,21,23,29,38H,7,9-11,13-15,17H2,1H3/t21-,23+/m1/s1. The lowest BCUT2D eigenvalue weighted by molar-refractivity contribution is -0.141. The summed E-state index contributed by atoms with van der Waals surface area (Å²) >= 11 is 0. The molecule has 6 rings (SSSR count). The van der Waals surface area contributed by atoms with Crippen molar-refractivity contribution in [3.8, 4) is 5.82 Å². The molecule has 2 saturated heterocycles. The molecule has 3 aromatic heterocycles. The van der Waals surface area contributed by atoms with Crippen LogP contribution in [-0.2, 0) is 18.4 Å². The normalized spacial score (nSPS) is 21.6. The maximum absolute atomic E-state index is 13.6. The van der Waals surface area contributed by atoms with Gasteiger partial charge in [-0.3, -0.25) is 18.7 Å². The lowest BCUT2D eigenvalue weighted by atomic mass is 9.80. The number of carbonyl (C=O) groups excluding carboxylic acids is 1. The third kappa shape index (κ3) is 4.54. The number of hydrogen-bond donors (Lipinski definition) is 2. The van der Waals surface area contributed by atoms with E-state index in [4.69, 9.17) is 0 Å². The SMILES string of the molecule is Cn1cnc(-n2ccc3c(=O)n(CC4(O)CCN(C(=O)[C@@H]5CCNC[C@H]5c5ccccc5)CC4)cnc32)c1. The number of amides is 1. The van der Waals surface area contributed by atoms with Crippen LogP contribution in [0.25, 0.3) is 16.9 Å². The number of aryl methyl sites for hydroxylation is 1. The monoisotopic (exact) mass is 515 g/mol. The van der Waals surface area contributed by atoms with Crippen LogP contribution in [0.1, 0.15) is 30.7 Å². The molecule has 10 heteroatoms. The molecule has 4 aromatic rings. The number of rotatable bonds is 5. The molecule has 0 saturated carbocycles. The molecule has 198 valence electrons. The van der Waals surface area contributed by atoms with Gasteiger partial charge in [-0.25, -0.2) is 9.97 Å². The molecular formula is C28H33N7O3. The molecule has 1 amide bonds. The lowest BCUT2D eigenvalue weighted by Crippen LogP contribution is -2.52. The summed E-state index contributed by atoms with van der Waals surface area (Å²) in [5.74, 6) is 0.930. The molecule has 2 aliphatic rings. The summed E-state index contributed by atoms with van der Waals surface area (Å²) in [6.45, 7) is 2.71. The van der Waals surface area contributed by atoms with Gasteiger partial charge < -0.3 is 19.9 Å². The number of nitrogens with one attached hydrogen (secondary N) is 1. The van der Waals surface area contributed by atoms with E-state index in [-0.39, 0.29) is 29.8 Å². The third-order valence-electron chi connectivity index (χ3n) is 8.11. The molecule has 10 nitrogen and oxygen atoms in total. The minimum absolute atomic E-state index is 0.0674. The minimum atomic E-state index is -1.08. The Morgan fingerprint density at radius 2 is 1.92 bits per heavy atom. The van der Waals surface area contributed by atoms with E-state index in [2.05, 4.69) is 27.4 Å². The van der Waals surface area contributed by atoms with Crippen LogP contribution in [0.4, 0.5) is 0 Å². The smallest absolute Gasteiger partial charge is 0.262 e. The van der Waals surface area contributed by atoms with E-state index < -0.39 is 5.60 Å². The summed E-state index contributed by atoms with van der Waals surface area (Å²) in [7, 11) is 1.89. The second kappa shape index (κ2) is 9.85. The van der Waals surface area contributed by atoms with Crippen molar-refractivity contribution in [2.45, 2.75) is 37.3 Å². The number of likely N-dealkylation sites (tertiary alicyclic amines) is 1. The first kappa shape index (κ1) is 24.6. The Morgan fingerprint density at radius 1 is 1.13 bits per heavy atom. The maximum atomic E-state index is 13.6. The molecule has 0 aliphatic carbocycles. The number of imidazole rings is 1. The van der Waals surface area contributed by atoms with Crippen molar-refractivity contribution >= 4 is 16.9 Å². The van der Waals surface area contributed by atoms with Gasteiger partial charge in [-0.05, 0) is 37.4 Å². The minimum Gasteiger partial charge on any atom is -0.388 e. The number of hydrogen-bond acceptors (Lipinski definition) is 6. The first-order valence-electron chi connectivity index (χ1n) is 13.2. The predicted molar refractivity (Wildman–Crippen MR) is 143 cm³/mol. The van der Waals surface area contributed by atoms with Crippen LogP contribution < -0.4 is 10.9 Å². The fourth-order valence-electron chi connectivity index (χ4n) is 5.93. The predicted octanol–water partition coefficient (Wildman–Crippen LogP) is 1.67. The molecule has 1 aromatic carbocycles. The van der Waals surface area contributed by atoms with Crippen LogP contribution in [0.3, 0.4) is 0 Å². The molecule has 38 heavy (non-hydrogen) atoms. The van der Waals surface area contributed by atoms with Crippen LogP contribution in [0.5, 0.6) is 0 Å². The van der Waals surface area contributed by atoms with E-state index in [1.54, 1.807) is 23.2 Å². The Kier molecular flexibility index (Phi) is 6.37. The molecule has 2 atom stereocenters. The van der Waals surface area contributed by atoms with Gasteiger partial charge in [-0.15, -0.1) is 0 Å². The maximum Gasteiger partial charge on any atom is 0.262 e. The number of aliphatic hydroxyl groups is 1. The van der Waals surface area contributed by atoms with Crippen molar-refractivity contribution in [2.75, 3.05) is 26.2 Å². The number of nitrogens with zero attached hydrogens (tertiary/aromatic N) is 6. The van der Waals surface area contributed by atoms with Crippen molar-refractivity contribution in [1.82, 2.24) is 33.9 Å². The summed E-state index contributed by atoms with van der Waals surface area (Å²) in [6, 6.07) is 12.0. The Bertz CT molecular complexity index is 1500. The molecule has 0 unspecified atom stereocenters. The van der Waals surface area contributed by atoms with E-state index in [9.17, 15) is 14.7 Å². The van der Waals surface area contributed by atoms with E-state index in [1.807, 2.05) is 40.9 Å². The largest absolute Gasteiger partial charge is 0.388 e. The molecule has 2 fully saturated rings. The van der Waals surface area contributed by atoms with Crippen LogP contribution in [0, 0.1) is 5.92 Å². The summed E-state index contributed by atoms with van der Waals surface area (Å²) in [6.07, 6.45) is 8.47. The molecule has 2 N–H and O–H groups in total. The van der Waals surface area contributed by atoms with Gasteiger partial charge in [0.15, 0.2) is 11.5 Å². The van der Waals surface area contributed by atoms with Crippen LogP contribution in [0.15, 0.2) is 66.2 Å². The van der Waals surface area contributed by atoms with E-state index in [0.29, 0.717) is 42.8 Å². The zero-order valence-corrected chi connectivity index (χ0v) is 21.5. The molecule has 2 aliphatic heterocycles. The second-order valence-corrected chi connectivity index (χ2v) is 10.7. The van der Waals surface area contributed by atoms with E-state index in [1.165, 1.54) is 16.5 Å². The lowest BCUT2D eigenvalue weighted by Gasteiger charge is -2.41. The van der Waals surface area contributed by atoms with Crippen molar-refractivity contribution in [2.24, 2.45) is 13.0 Å². The fraction of sp³-hybridized carbons (Fsp3) is 0.429. The van der Waals surface area contributed by atoms with Gasteiger partial charge >= 0.3 is 0 Å². The highest BCUT2D eigenvalue weighted by Gasteiger charge is 2.39. The van der Waals surface area contributed by atoms with Crippen LogP contribution in [0.2, 0.25) is 0 Å². The van der Waals surface area contributed by atoms with Gasteiger partial charge in [0.1, 0.15) is 6.33 Å². The van der Waals surface area contributed by atoms with Crippen molar-refractivity contribution in [3.63, 3.8) is 0 Å². The highest BCUT2D eigenvalue weighted by atomic mass is 16.3. The number of benzene rings is 1. The Labute approximate surface area is 220 Å². The zero-order chi connectivity index (χ0) is 26.3. The van der Waals surface area contributed by atoms with Gasteiger partial charge in [0.25, 0.3) is 5.56 Å². The highest BCUT2D eigenvalue weighted by Crippen LogP contribution is 2.33. The summed E-state index contributed by atoms with van der Waals surface area (Å²) in [5.41, 5.74) is 0.446. The van der Waals surface area contributed by atoms with Gasteiger partial charge in [0, 0.05) is 50.9 Å². The van der Waals surface area contributed by atoms with Crippen molar-refractivity contribution in [3.05, 3.63) is 77.4 Å². The zero-order valence-electron chi connectivity index (χ0n) is 21.5. The van der Waals surface area contributed by atoms with Crippen LogP contribution >= 0.6 is 0 Å². The summed E-state index contributed by atoms with van der Waals surface area (Å²) in [5, 5.41) is 15.3. The average molecular weight is 516 g/mol. The van der Waals surface area contributed by atoms with Gasteiger partial charge in [-0.1, -0.05) is 30.3 Å². The quantitative estimate of drug-likeness (QED) is 0.419. The molecule has 0 bridgehead atoms. The molecular weight excluding hydrogens is 482 g/mol. The third-order valence-corrected chi connectivity index (χ3v) is 8.11. The van der Waals surface area contributed by atoms with Gasteiger partial charge in [0.05, 0.1) is 23.9 Å². The Balaban J connectivity index is 1.15. The Hall–Kier alpha value is -3.76. The summed E-state index contributed by atoms with van der Waals surface area (Å²) in [4.78, 5) is 37.6. The fourth-order valence-corrected chi connectivity index (χ4v) is 5.93. The first-order chi connectivity index (χ1) is 18.4. The van der Waals surface area contributed by atoms with Crippen molar-refractivity contribution in [1.29, 1.82) is 0 Å². The van der Waals surface area contributed by atoms with Gasteiger partial charge in [-0.2, -0.15) is 0 Å². The molecule has 5 heterocycles. The summed E-state index contributed by atoms with van der Waals surface area (Å²) < 4.78 is 5.10. The van der Waals surface area contributed by atoms with Crippen LogP contribution in [-0.4, -0.2) is 71.4 Å².